The highest BCUT2D eigenvalue weighted by Gasteiger charge is 2.40. The minimum atomic E-state index is -0.710. The Morgan fingerprint density at radius 2 is 1.85 bits per heavy atom. The predicted molar refractivity (Wildman–Crippen MR) is 100 cm³/mol. The third-order valence-corrected chi connectivity index (χ3v) is 5.25. The molecule has 140 valence electrons. The van der Waals surface area contributed by atoms with Gasteiger partial charge in [0.2, 0.25) is 0 Å². The van der Waals surface area contributed by atoms with E-state index in [0.717, 1.165) is 6.42 Å². The number of rotatable bonds is 5. The summed E-state index contributed by atoms with van der Waals surface area (Å²) in [6.45, 7) is 2.80. The van der Waals surface area contributed by atoms with Gasteiger partial charge in [-0.15, -0.1) is 0 Å². The normalized spacial score (nSPS) is 26.1. The van der Waals surface area contributed by atoms with Crippen LogP contribution in [0.3, 0.4) is 0 Å². The molecule has 2 aromatic carbocycles. The van der Waals surface area contributed by atoms with Gasteiger partial charge in [0, 0.05) is 12.6 Å². The number of aliphatic hydroxyl groups excluding tert-OH is 1. The summed E-state index contributed by atoms with van der Waals surface area (Å²) in [7, 11) is 1.99. The zero-order chi connectivity index (χ0) is 18.7. The fourth-order valence-corrected chi connectivity index (χ4v) is 3.74. The van der Waals surface area contributed by atoms with Gasteiger partial charge in [-0.3, -0.25) is 4.90 Å². The van der Waals surface area contributed by atoms with Crippen molar-refractivity contribution in [2.24, 2.45) is 5.73 Å². The van der Waals surface area contributed by atoms with Crippen molar-refractivity contribution in [2.75, 3.05) is 7.05 Å². The van der Waals surface area contributed by atoms with Crippen molar-refractivity contribution in [3.63, 3.8) is 0 Å². The molecule has 0 heterocycles. The van der Waals surface area contributed by atoms with Gasteiger partial charge in [-0.05, 0) is 62.2 Å². The number of ether oxygens (including phenoxy) is 1. The van der Waals surface area contributed by atoms with Crippen LogP contribution < -0.4 is 10.5 Å². The topological polar surface area (TPSA) is 58.7 Å². The molecule has 0 radical (unpaired) electrons. The first-order chi connectivity index (χ1) is 12.5. The van der Waals surface area contributed by atoms with Crippen LogP contribution in [-0.4, -0.2) is 41.3 Å². The number of hydrogen-bond donors (Lipinski definition) is 2. The van der Waals surface area contributed by atoms with Crippen molar-refractivity contribution in [3.05, 3.63) is 65.5 Å². The van der Waals surface area contributed by atoms with Crippen LogP contribution in [0.15, 0.2) is 48.5 Å². The second kappa shape index (κ2) is 8.16. The lowest BCUT2D eigenvalue weighted by Crippen LogP contribution is -2.60. The molecular weight excluding hydrogens is 331 g/mol. The second-order valence-corrected chi connectivity index (χ2v) is 7.17. The van der Waals surface area contributed by atoms with Crippen molar-refractivity contribution in [1.82, 2.24) is 4.90 Å². The van der Waals surface area contributed by atoms with Gasteiger partial charge >= 0.3 is 0 Å². The van der Waals surface area contributed by atoms with Gasteiger partial charge in [0.1, 0.15) is 23.8 Å². The lowest BCUT2D eigenvalue weighted by atomic mass is 9.85. The van der Waals surface area contributed by atoms with Crippen LogP contribution in [0.5, 0.6) is 5.75 Å². The summed E-state index contributed by atoms with van der Waals surface area (Å²) >= 11 is 0. The van der Waals surface area contributed by atoms with Gasteiger partial charge in [0.25, 0.3) is 0 Å². The average molecular weight is 358 g/mol. The number of benzene rings is 2. The Morgan fingerprint density at radius 1 is 1.15 bits per heavy atom. The minimum Gasteiger partial charge on any atom is -0.488 e. The predicted octanol–water partition coefficient (Wildman–Crippen LogP) is 2.86. The SMILES string of the molecule is Cc1ccccc1CN(C)[C@@H]1[C@@H](O)[C@H](Oc2ccc(F)cc2)CC[C@H]1N. The van der Waals surface area contributed by atoms with Crippen LogP contribution >= 0.6 is 0 Å². The van der Waals surface area contributed by atoms with E-state index in [1.165, 1.54) is 23.3 Å². The zero-order valence-electron chi connectivity index (χ0n) is 15.3. The van der Waals surface area contributed by atoms with Crippen molar-refractivity contribution in [1.29, 1.82) is 0 Å². The Balaban J connectivity index is 1.71. The molecule has 0 aliphatic heterocycles. The minimum absolute atomic E-state index is 0.118. The molecule has 5 heteroatoms. The molecule has 4 nitrogen and oxygen atoms in total. The van der Waals surface area contributed by atoms with Crippen molar-refractivity contribution in [3.8, 4) is 5.75 Å². The second-order valence-electron chi connectivity index (χ2n) is 7.17. The van der Waals surface area contributed by atoms with Gasteiger partial charge in [0.15, 0.2) is 0 Å². The number of nitrogens with two attached hydrogens (primary N) is 1. The van der Waals surface area contributed by atoms with E-state index in [4.69, 9.17) is 10.5 Å². The van der Waals surface area contributed by atoms with Crippen molar-refractivity contribution < 1.29 is 14.2 Å². The molecule has 1 saturated carbocycles. The van der Waals surface area contributed by atoms with Gasteiger partial charge in [-0.1, -0.05) is 24.3 Å². The summed E-state index contributed by atoms with van der Waals surface area (Å²) in [5, 5.41) is 10.9. The van der Waals surface area contributed by atoms with Crippen LogP contribution in [0.25, 0.3) is 0 Å². The number of aliphatic hydroxyl groups is 1. The number of aryl methyl sites for hydroxylation is 1. The third kappa shape index (κ3) is 4.23. The molecule has 2 aromatic rings. The monoisotopic (exact) mass is 358 g/mol. The van der Waals surface area contributed by atoms with Crippen molar-refractivity contribution in [2.45, 2.75) is 50.6 Å². The van der Waals surface area contributed by atoms with E-state index in [9.17, 15) is 9.50 Å². The first kappa shape index (κ1) is 18.8. The standard InChI is InChI=1S/C21H27FN2O2/c1-14-5-3-4-6-15(14)13-24(2)20-18(23)11-12-19(21(20)25)26-17-9-7-16(22)8-10-17/h3-10,18-21,25H,11-13,23H2,1-2H3/t18-,19-,20+,21+/m1/s1. The summed E-state index contributed by atoms with van der Waals surface area (Å²) in [4.78, 5) is 2.11. The maximum Gasteiger partial charge on any atom is 0.126 e. The molecule has 1 fully saturated rings. The van der Waals surface area contributed by atoms with E-state index in [0.29, 0.717) is 18.7 Å². The fourth-order valence-electron chi connectivity index (χ4n) is 3.74. The Morgan fingerprint density at radius 3 is 2.54 bits per heavy atom. The Bertz CT molecular complexity index is 722. The molecule has 4 atom stereocenters. The van der Waals surface area contributed by atoms with Crippen LogP contribution in [0.2, 0.25) is 0 Å². The van der Waals surface area contributed by atoms with Crippen LogP contribution in [0, 0.1) is 12.7 Å². The molecule has 0 amide bonds. The Kier molecular flexibility index (Phi) is 5.91. The fraction of sp³-hybridized carbons (Fsp3) is 0.429. The number of likely N-dealkylation sites (N-methyl/N-ethyl adjacent to an activating group) is 1. The lowest BCUT2D eigenvalue weighted by Gasteiger charge is -2.43. The van der Waals surface area contributed by atoms with E-state index in [2.05, 4.69) is 24.0 Å². The summed E-state index contributed by atoms with van der Waals surface area (Å²) in [6, 6.07) is 13.8. The van der Waals surface area contributed by atoms with E-state index in [1.807, 2.05) is 19.2 Å². The molecule has 26 heavy (non-hydrogen) atoms. The average Bonchev–Trinajstić information content (AvgIpc) is 2.61. The number of hydrogen-bond acceptors (Lipinski definition) is 4. The van der Waals surface area contributed by atoms with Crippen LogP contribution in [0.4, 0.5) is 4.39 Å². The van der Waals surface area contributed by atoms with E-state index < -0.39 is 6.10 Å². The highest BCUT2D eigenvalue weighted by molar-refractivity contribution is 5.26. The first-order valence-corrected chi connectivity index (χ1v) is 9.06. The number of halogens is 1. The smallest absolute Gasteiger partial charge is 0.126 e. The molecule has 0 spiro atoms. The first-order valence-electron chi connectivity index (χ1n) is 9.06. The van der Waals surface area contributed by atoms with Gasteiger partial charge in [-0.25, -0.2) is 4.39 Å². The highest BCUT2D eigenvalue weighted by atomic mass is 19.1. The molecule has 1 aliphatic carbocycles. The van der Waals surface area contributed by atoms with Crippen molar-refractivity contribution >= 4 is 0 Å². The molecule has 0 aromatic heterocycles. The molecular formula is C21H27FN2O2. The molecule has 0 saturated heterocycles. The van der Waals surface area contributed by atoms with E-state index in [1.54, 1.807) is 12.1 Å². The zero-order valence-corrected chi connectivity index (χ0v) is 15.3. The highest BCUT2D eigenvalue weighted by Crippen LogP contribution is 2.27. The molecule has 0 unspecified atom stereocenters. The molecule has 0 bridgehead atoms. The molecule has 3 N–H and O–H groups in total. The third-order valence-electron chi connectivity index (χ3n) is 5.25. The molecule has 3 rings (SSSR count). The number of nitrogens with zero attached hydrogens (tertiary/aromatic N) is 1. The summed E-state index contributed by atoms with van der Waals surface area (Å²) in [5.41, 5.74) is 8.77. The Hall–Kier alpha value is -1.95. The largest absolute Gasteiger partial charge is 0.488 e. The van der Waals surface area contributed by atoms with Gasteiger partial charge < -0.3 is 15.6 Å². The van der Waals surface area contributed by atoms with Gasteiger partial charge in [-0.2, -0.15) is 0 Å². The maximum atomic E-state index is 13.1. The van der Waals surface area contributed by atoms with Crippen LogP contribution in [0.1, 0.15) is 24.0 Å². The summed E-state index contributed by atoms with van der Waals surface area (Å²) < 4.78 is 19.0. The maximum absolute atomic E-state index is 13.1. The summed E-state index contributed by atoms with van der Waals surface area (Å²) in [6.07, 6.45) is 0.377. The van der Waals surface area contributed by atoms with Gasteiger partial charge in [0.05, 0.1) is 6.04 Å². The summed E-state index contributed by atoms with van der Waals surface area (Å²) in [5.74, 6) is 0.255. The van der Waals surface area contributed by atoms with E-state index in [-0.39, 0.29) is 24.0 Å². The Labute approximate surface area is 154 Å². The van der Waals surface area contributed by atoms with E-state index >= 15 is 0 Å². The lowest BCUT2D eigenvalue weighted by molar-refractivity contribution is -0.0569. The van der Waals surface area contributed by atoms with Crippen LogP contribution in [-0.2, 0) is 6.54 Å². The molecule has 1 aliphatic rings. The quantitative estimate of drug-likeness (QED) is 0.863.